The Morgan fingerprint density at radius 2 is 1.96 bits per heavy atom. The highest BCUT2D eigenvalue weighted by atomic mass is 16.5. The van der Waals surface area contributed by atoms with Crippen molar-refractivity contribution in [3.05, 3.63) is 59.2 Å². The molecule has 2 aliphatic heterocycles. The van der Waals surface area contributed by atoms with Crippen molar-refractivity contribution in [3.8, 4) is 11.5 Å². The summed E-state index contributed by atoms with van der Waals surface area (Å²) in [6, 6.07) is 15.0. The molecule has 2 aromatic carbocycles. The van der Waals surface area contributed by atoms with Crippen molar-refractivity contribution in [1.82, 2.24) is 5.01 Å². The third-order valence-electron chi connectivity index (χ3n) is 5.22. The molecule has 0 fully saturated rings. The van der Waals surface area contributed by atoms with Crippen molar-refractivity contribution in [2.75, 3.05) is 6.61 Å². The number of nitrogens with zero attached hydrogens (tertiary/aromatic N) is 2. The van der Waals surface area contributed by atoms with Crippen molar-refractivity contribution in [1.29, 1.82) is 0 Å². The van der Waals surface area contributed by atoms with Crippen LogP contribution < -0.4 is 9.47 Å². The fourth-order valence-corrected chi connectivity index (χ4v) is 3.91. The van der Waals surface area contributed by atoms with Gasteiger partial charge in [-0.1, -0.05) is 55.8 Å². The highest BCUT2D eigenvalue weighted by Crippen LogP contribution is 2.47. The van der Waals surface area contributed by atoms with Gasteiger partial charge in [-0.25, -0.2) is 0 Å². The molecule has 27 heavy (non-hydrogen) atoms. The number of ether oxygens (including phenoxy) is 2. The fraction of sp³-hybridized carbons (Fsp3) is 0.435. The maximum absolute atomic E-state index is 6.44. The van der Waals surface area contributed by atoms with Gasteiger partial charge in [0.2, 0.25) is 0 Å². The first-order valence-corrected chi connectivity index (χ1v) is 9.92. The molecule has 0 saturated carbocycles. The minimum Gasteiger partial charge on any atom is -0.490 e. The second-order valence-electron chi connectivity index (χ2n) is 7.82. The van der Waals surface area contributed by atoms with Gasteiger partial charge in [-0.3, -0.25) is 5.01 Å². The second kappa shape index (κ2) is 7.26. The zero-order valence-electron chi connectivity index (χ0n) is 16.6. The predicted molar refractivity (Wildman–Crippen MR) is 108 cm³/mol. The zero-order valence-corrected chi connectivity index (χ0v) is 16.6. The minimum atomic E-state index is -0.0629. The first-order valence-electron chi connectivity index (χ1n) is 9.92. The molecule has 0 radical (unpaired) electrons. The van der Waals surface area contributed by atoms with Crippen LogP contribution in [0.3, 0.4) is 0 Å². The third-order valence-corrected chi connectivity index (χ3v) is 5.22. The molecule has 0 aromatic heterocycles. The summed E-state index contributed by atoms with van der Waals surface area (Å²) in [5.41, 5.74) is 4.77. The fourth-order valence-electron chi connectivity index (χ4n) is 3.91. The molecule has 2 atom stereocenters. The summed E-state index contributed by atoms with van der Waals surface area (Å²) in [7, 11) is 0. The highest BCUT2D eigenvalue weighted by molar-refractivity contribution is 6.02. The first kappa shape index (κ1) is 17.9. The molecule has 0 spiro atoms. The van der Waals surface area contributed by atoms with E-state index in [2.05, 4.69) is 62.2 Å². The summed E-state index contributed by atoms with van der Waals surface area (Å²) in [4.78, 5) is 0. The van der Waals surface area contributed by atoms with Gasteiger partial charge < -0.3 is 9.47 Å². The Balaban J connectivity index is 1.72. The quantitative estimate of drug-likeness (QED) is 0.721. The first-order chi connectivity index (χ1) is 13.1. The molecule has 4 nitrogen and oxygen atoms in total. The Kier molecular flexibility index (Phi) is 4.81. The average molecular weight is 364 g/mol. The molecule has 0 saturated heterocycles. The van der Waals surface area contributed by atoms with Crippen molar-refractivity contribution >= 4 is 5.71 Å². The summed E-state index contributed by atoms with van der Waals surface area (Å²) in [5.74, 6) is 2.26. The van der Waals surface area contributed by atoms with Crippen molar-refractivity contribution in [2.24, 2.45) is 11.0 Å². The normalized spacial score (nSPS) is 20.8. The lowest BCUT2D eigenvalue weighted by atomic mass is 9.95. The van der Waals surface area contributed by atoms with E-state index >= 15 is 0 Å². The van der Waals surface area contributed by atoms with Crippen LogP contribution in [0.1, 0.15) is 56.3 Å². The summed E-state index contributed by atoms with van der Waals surface area (Å²) >= 11 is 0. The monoisotopic (exact) mass is 364 g/mol. The van der Waals surface area contributed by atoms with E-state index in [-0.39, 0.29) is 12.3 Å². The number of rotatable bonds is 5. The lowest BCUT2D eigenvalue weighted by Gasteiger charge is -2.39. The molecular weight excluding hydrogens is 336 g/mol. The largest absolute Gasteiger partial charge is 0.490 e. The van der Waals surface area contributed by atoms with Crippen molar-refractivity contribution in [3.63, 3.8) is 0 Å². The van der Waals surface area contributed by atoms with Crippen molar-refractivity contribution in [2.45, 2.75) is 52.8 Å². The molecule has 0 amide bonds. The second-order valence-corrected chi connectivity index (χ2v) is 7.82. The van der Waals surface area contributed by atoms with Gasteiger partial charge in [0.05, 0.1) is 18.4 Å². The van der Waals surface area contributed by atoms with Crippen LogP contribution >= 0.6 is 0 Å². The molecule has 2 aliphatic rings. The molecule has 2 aromatic rings. The third kappa shape index (κ3) is 3.41. The zero-order chi connectivity index (χ0) is 19.0. The van der Waals surface area contributed by atoms with Crippen LogP contribution in [-0.4, -0.2) is 23.6 Å². The van der Waals surface area contributed by atoms with Gasteiger partial charge in [-0.2, -0.15) is 5.10 Å². The maximum atomic E-state index is 6.44. The number of hydrogen-bond acceptors (Lipinski definition) is 4. The van der Waals surface area contributed by atoms with E-state index in [0.717, 1.165) is 30.1 Å². The Morgan fingerprint density at radius 1 is 1.19 bits per heavy atom. The molecule has 2 heterocycles. The molecular formula is C23H28N2O2. The summed E-state index contributed by atoms with van der Waals surface area (Å²) < 4.78 is 12.3. The molecule has 0 bridgehead atoms. The van der Waals surface area contributed by atoms with Crippen LogP contribution in [0.5, 0.6) is 11.5 Å². The standard InChI is InChI=1S/C23H28N2O2/c1-5-26-21-8-6-7-18-20-14-19(17-11-9-16(4)10-12-17)24-25(20)22(13-15(2)3)27-23(18)21/h6-12,15,20,22H,5,13-14H2,1-4H3/t20-,22-/m1/s1. The Hall–Kier alpha value is -2.49. The molecule has 0 N–H and O–H groups in total. The van der Waals surface area contributed by atoms with Crippen LogP contribution in [0.15, 0.2) is 47.6 Å². The van der Waals surface area contributed by atoms with Crippen molar-refractivity contribution < 1.29 is 9.47 Å². The number of fused-ring (bicyclic) bond motifs is 3. The van der Waals surface area contributed by atoms with Crippen LogP contribution in [-0.2, 0) is 0 Å². The van der Waals surface area contributed by atoms with Gasteiger partial charge in [-0.05, 0) is 31.4 Å². The van der Waals surface area contributed by atoms with E-state index < -0.39 is 0 Å². The van der Waals surface area contributed by atoms with Crippen LogP contribution in [0.2, 0.25) is 0 Å². The molecule has 0 aliphatic carbocycles. The highest BCUT2D eigenvalue weighted by Gasteiger charge is 2.41. The minimum absolute atomic E-state index is 0.0629. The summed E-state index contributed by atoms with van der Waals surface area (Å²) in [5, 5.41) is 7.18. The van der Waals surface area contributed by atoms with E-state index in [9.17, 15) is 0 Å². The van der Waals surface area contributed by atoms with E-state index in [0.29, 0.717) is 12.5 Å². The maximum Gasteiger partial charge on any atom is 0.188 e. The van der Waals surface area contributed by atoms with Gasteiger partial charge in [0.15, 0.2) is 17.7 Å². The van der Waals surface area contributed by atoms with Gasteiger partial charge in [-0.15, -0.1) is 0 Å². The predicted octanol–water partition coefficient (Wildman–Crippen LogP) is 5.31. The van der Waals surface area contributed by atoms with E-state index in [4.69, 9.17) is 14.6 Å². The molecule has 0 unspecified atom stereocenters. The van der Waals surface area contributed by atoms with E-state index in [1.807, 2.05) is 13.0 Å². The molecule has 4 rings (SSSR count). The van der Waals surface area contributed by atoms with Crippen LogP contribution in [0.4, 0.5) is 0 Å². The Morgan fingerprint density at radius 3 is 2.67 bits per heavy atom. The topological polar surface area (TPSA) is 34.1 Å². The van der Waals surface area contributed by atoms with Crippen LogP contribution in [0.25, 0.3) is 0 Å². The van der Waals surface area contributed by atoms with Crippen LogP contribution in [0, 0.1) is 12.8 Å². The van der Waals surface area contributed by atoms with Gasteiger partial charge in [0, 0.05) is 18.4 Å². The van der Waals surface area contributed by atoms with E-state index in [1.165, 1.54) is 16.7 Å². The van der Waals surface area contributed by atoms with Gasteiger partial charge >= 0.3 is 0 Å². The van der Waals surface area contributed by atoms with Gasteiger partial charge in [0.25, 0.3) is 0 Å². The number of aryl methyl sites for hydroxylation is 1. The van der Waals surface area contributed by atoms with Gasteiger partial charge in [0.1, 0.15) is 0 Å². The summed E-state index contributed by atoms with van der Waals surface area (Å²) in [6.07, 6.45) is 1.76. The lowest BCUT2D eigenvalue weighted by Crippen LogP contribution is -2.41. The molecule has 4 heteroatoms. The Bertz CT molecular complexity index is 842. The number of hydrogen-bond donors (Lipinski definition) is 0. The van der Waals surface area contributed by atoms with E-state index in [1.54, 1.807) is 0 Å². The molecule has 142 valence electrons. The lowest BCUT2D eigenvalue weighted by molar-refractivity contribution is -0.0310. The average Bonchev–Trinajstić information content (AvgIpc) is 3.09. The SMILES string of the molecule is CCOc1cccc2c1O[C@H](CC(C)C)N1N=C(c3ccc(C)cc3)C[C@H]21. The number of benzene rings is 2. The Labute approximate surface area is 161 Å². The number of para-hydroxylation sites is 1. The number of hydrazone groups is 1. The smallest absolute Gasteiger partial charge is 0.188 e. The summed E-state index contributed by atoms with van der Waals surface area (Å²) in [6.45, 7) is 9.20.